The molecule has 0 N–H and O–H groups in total. The highest BCUT2D eigenvalue weighted by molar-refractivity contribution is 7.07. The van der Waals surface area contributed by atoms with Crippen molar-refractivity contribution in [2.75, 3.05) is 18.7 Å². The molecule has 0 bridgehead atoms. The zero-order valence-corrected chi connectivity index (χ0v) is 24.3. The monoisotopic (exact) mass is 580 g/mol. The molecule has 6 rings (SSSR count). The summed E-state index contributed by atoms with van der Waals surface area (Å²) in [4.78, 5) is 46.2. The summed E-state index contributed by atoms with van der Waals surface area (Å²) < 4.78 is 13.1. The Morgan fingerprint density at radius 1 is 1.02 bits per heavy atom. The summed E-state index contributed by atoms with van der Waals surface area (Å²) in [5.74, 6) is -0.999. The minimum absolute atomic E-state index is 0.166. The second-order valence-electron chi connectivity index (χ2n) is 9.93. The number of fused-ring (bicyclic) bond motifs is 2. The van der Waals surface area contributed by atoms with Gasteiger partial charge in [-0.1, -0.05) is 59.9 Å². The Hall–Kier alpha value is -4.83. The van der Waals surface area contributed by atoms with Crippen LogP contribution in [-0.2, 0) is 14.3 Å². The third kappa shape index (κ3) is 4.44. The van der Waals surface area contributed by atoms with Crippen molar-refractivity contribution in [3.63, 3.8) is 0 Å². The Balaban J connectivity index is 1.56. The van der Waals surface area contributed by atoms with E-state index in [9.17, 15) is 14.4 Å². The Morgan fingerprint density at radius 3 is 2.50 bits per heavy atom. The van der Waals surface area contributed by atoms with Crippen molar-refractivity contribution in [3.8, 4) is 5.75 Å². The number of methoxy groups -OCH3 is 1. The molecule has 2 aliphatic heterocycles. The lowest BCUT2D eigenvalue weighted by Crippen LogP contribution is -2.40. The van der Waals surface area contributed by atoms with Crippen LogP contribution in [-0.4, -0.2) is 35.9 Å². The van der Waals surface area contributed by atoms with Gasteiger partial charge in [0.1, 0.15) is 17.7 Å². The van der Waals surface area contributed by atoms with Crippen LogP contribution in [0.25, 0.3) is 16.8 Å². The highest BCUT2D eigenvalue weighted by Crippen LogP contribution is 2.40. The van der Waals surface area contributed by atoms with E-state index in [0.717, 1.165) is 10.8 Å². The number of carbonyl (C=O) groups excluding carboxylic acids is 2. The molecule has 9 nitrogen and oxygen atoms in total. The van der Waals surface area contributed by atoms with E-state index >= 15 is 0 Å². The molecule has 0 radical (unpaired) electrons. The fourth-order valence-electron chi connectivity index (χ4n) is 5.49. The van der Waals surface area contributed by atoms with Crippen LogP contribution in [0.2, 0.25) is 0 Å². The highest BCUT2D eigenvalue weighted by Gasteiger charge is 2.37. The van der Waals surface area contributed by atoms with E-state index in [0.29, 0.717) is 37.7 Å². The fraction of sp³-hybridized carbons (Fsp3) is 0.219. The zero-order chi connectivity index (χ0) is 29.5. The zero-order valence-electron chi connectivity index (χ0n) is 23.5. The third-order valence-electron chi connectivity index (χ3n) is 7.44. The predicted octanol–water partition coefficient (Wildman–Crippen LogP) is 3.95. The maximum atomic E-state index is 14.2. The molecule has 3 aromatic carbocycles. The quantitative estimate of drug-likeness (QED) is 0.322. The molecule has 42 heavy (non-hydrogen) atoms. The number of allylic oxidation sites excluding steroid dienone is 1. The first kappa shape index (κ1) is 27.3. The van der Waals surface area contributed by atoms with Gasteiger partial charge in [0, 0.05) is 5.56 Å². The molecule has 1 amide bonds. The van der Waals surface area contributed by atoms with Crippen LogP contribution in [0.15, 0.2) is 92.9 Å². The van der Waals surface area contributed by atoms with Gasteiger partial charge >= 0.3 is 5.97 Å². The van der Waals surface area contributed by atoms with Gasteiger partial charge in [0.15, 0.2) is 4.80 Å². The summed E-state index contributed by atoms with van der Waals surface area (Å²) in [6.45, 7) is 5.41. The van der Waals surface area contributed by atoms with Crippen LogP contribution in [0.4, 0.5) is 5.69 Å². The van der Waals surface area contributed by atoms with E-state index in [-0.39, 0.29) is 23.6 Å². The highest BCUT2D eigenvalue weighted by atomic mass is 32.1. The van der Waals surface area contributed by atoms with Crippen molar-refractivity contribution in [1.82, 2.24) is 4.57 Å². The normalized spacial score (nSPS) is 18.7. The number of para-hydroxylation sites is 1. The van der Waals surface area contributed by atoms with Crippen molar-refractivity contribution in [3.05, 3.63) is 103 Å². The summed E-state index contributed by atoms with van der Waals surface area (Å²) in [6, 6.07) is 19.8. The Labute approximate surface area is 245 Å². The lowest BCUT2D eigenvalue weighted by atomic mass is 9.90. The number of amides is 1. The molecule has 212 valence electrons. The largest absolute Gasteiger partial charge is 0.496 e. The number of hydrogen-bond donors (Lipinski definition) is 0. The first-order valence-electron chi connectivity index (χ1n) is 13.5. The Bertz CT molecular complexity index is 1990. The average molecular weight is 581 g/mol. The molecule has 4 aromatic rings. The number of benzene rings is 3. The van der Waals surface area contributed by atoms with Crippen LogP contribution < -0.4 is 24.6 Å². The number of rotatable bonds is 6. The van der Waals surface area contributed by atoms with Crippen LogP contribution in [0, 0.1) is 5.92 Å². The predicted molar refractivity (Wildman–Crippen MR) is 162 cm³/mol. The lowest BCUT2D eigenvalue weighted by molar-refractivity contribution is -0.139. The Kier molecular flexibility index (Phi) is 7.07. The number of hydrogen-bond acceptors (Lipinski definition) is 8. The average Bonchev–Trinajstić information content (AvgIpc) is 3.46. The minimum Gasteiger partial charge on any atom is -0.496 e. The SMILES string of the molecule is CCOC(=O)C1=C(C)N=c2s/c(=C/[C@H]3C(=O)N(c4ccccc4)N=C3C)c(=O)n2[C@H]1c1c(OC)ccc2ccccc12. The summed E-state index contributed by atoms with van der Waals surface area (Å²) in [7, 11) is 1.56. The van der Waals surface area contributed by atoms with Crippen molar-refractivity contribution in [2.24, 2.45) is 16.0 Å². The molecule has 0 fully saturated rings. The molecule has 2 atom stereocenters. The standard InChI is InChI=1S/C32H28N4O5S/c1-5-41-31(39)26-19(3)33-32-35(28(26)27-22-14-10-9-11-20(22)15-16-24(27)40-4)30(38)25(42-32)17-23-18(2)34-36(29(23)37)21-12-7-6-8-13-21/h6-17,23,28H,5H2,1-4H3/b25-17+/t23-,28-/m1/s1. The smallest absolute Gasteiger partial charge is 0.338 e. The summed E-state index contributed by atoms with van der Waals surface area (Å²) in [5, 5.41) is 7.60. The molecule has 10 heteroatoms. The molecule has 3 heterocycles. The molecular weight excluding hydrogens is 552 g/mol. The molecule has 1 aromatic heterocycles. The van der Waals surface area contributed by atoms with E-state index in [4.69, 9.17) is 9.47 Å². The second-order valence-corrected chi connectivity index (χ2v) is 10.9. The molecule has 0 aliphatic carbocycles. The number of nitrogens with zero attached hydrogens (tertiary/aromatic N) is 4. The minimum atomic E-state index is -0.863. The first-order chi connectivity index (χ1) is 20.3. The van der Waals surface area contributed by atoms with Crippen LogP contribution >= 0.6 is 11.3 Å². The van der Waals surface area contributed by atoms with E-state index in [2.05, 4.69) is 10.1 Å². The maximum absolute atomic E-state index is 14.2. The summed E-state index contributed by atoms with van der Waals surface area (Å²) in [6.07, 6.45) is 1.65. The van der Waals surface area contributed by atoms with Gasteiger partial charge in [-0.2, -0.15) is 10.1 Å². The first-order valence-corrected chi connectivity index (χ1v) is 14.3. The van der Waals surface area contributed by atoms with Gasteiger partial charge in [-0.05, 0) is 55.8 Å². The van der Waals surface area contributed by atoms with Crippen molar-refractivity contribution >= 4 is 51.5 Å². The van der Waals surface area contributed by atoms with Gasteiger partial charge in [-0.15, -0.1) is 0 Å². The van der Waals surface area contributed by atoms with Gasteiger partial charge in [0.25, 0.3) is 11.5 Å². The van der Waals surface area contributed by atoms with Crippen LogP contribution in [0.5, 0.6) is 5.75 Å². The lowest BCUT2D eigenvalue weighted by Gasteiger charge is -2.27. The third-order valence-corrected chi connectivity index (χ3v) is 8.44. The molecule has 0 saturated carbocycles. The number of thiazole rings is 1. The fourth-order valence-corrected chi connectivity index (χ4v) is 6.55. The van der Waals surface area contributed by atoms with Gasteiger partial charge in [0.2, 0.25) is 0 Å². The number of anilines is 1. The van der Waals surface area contributed by atoms with E-state index in [1.807, 2.05) is 66.7 Å². The van der Waals surface area contributed by atoms with Crippen LogP contribution in [0.3, 0.4) is 0 Å². The topological polar surface area (TPSA) is 103 Å². The van der Waals surface area contributed by atoms with Crippen molar-refractivity contribution < 1.29 is 19.1 Å². The molecule has 0 saturated heterocycles. The van der Waals surface area contributed by atoms with Crippen molar-refractivity contribution in [2.45, 2.75) is 26.8 Å². The van der Waals surface area contributed by atoms with Crippen molar-refractivity contribution in [1.29, 1.82) is 0 Å². The van der Waals surface area contributed by atoms with Gasteiger partial charge in [0.05, 0.1) is 40.9 Å². The maximum Gasteiger partial charge on any atom is 0.338 e. The summed E-state index contributed by atoms with van der Waals surface area (Å²) >= 11 is 1.17. The van der Waals surface area contributed by atoms with E-state index in [1.54, 1.807) is 34.0 Å². The number of carbonyl (C=O) groups is 2. The number of esters is 1. The van der Waals surface area contributed by atoms with Gasteiger partial charge in [-0.25, -0.2) is 9.79 Å². The number of aromatic nitrogens is 1. The second kappa shape index (κ2) is 10.9. The van der Waals surface area contributed by atoms with Gasteiger partial charge < -0.3 is 9.47 Å². The van der Waals surface area contributed by atoms with E-state index < -0.39 is 17.9 Å². The molecule has 0 spiro atoms. The molecule has 2 aliphatic rings. The van der Waals surface area contributed by atoms with E-state index in [1.165, 1.54) is 20.9 Å². The Morgan fingerprint density at radius 2 is 1.76 bits per heavy atom. The molecular formula is C32H28N4O5S. The van der Waals surface area contributed by atoms with Gasteiger partial charge in [-0.3, -0.25) is 14.2 Å². The number of hydrazone groups is 1. The van der Waals surface area contributed by atoms with Crippen LogP contribution in [0.1, 0.15) is 32.4 Å². The number of ether oxygens (including phenoxy) is 2. The molecule has 0 unspecified atom stereocenters. The summed E-state index contributed by atoms with van der Waals surface area (Å²) in [5.41, 5.74) is 2.22.